The van der Waals surface area contributed by atoms with Crippen LogP contribution in [0.25, 0.3) is 11.1 Å². The Morgan fingerprint density at radius 2 is 1.80 bits per heavy atom. The zero-order valence-electron chi connectivity index (χ0n) is 28.0. The van der Waals surface area contributed by atoms with Crippen LogP contribution in [0, 0.1) is 11.8 Å². The highest BCUT2D eigenvalue weighted by Crippen LogP contribution is 2.50. The number of nitrogens with zero attached hydrogens (tertiary/aromatic N) is 1. The predicted octanol–water partition coefficient (Wildman–Crippen LogP) is 4.84. The van der Waals surface area contributed by atoms with Crippen molar-refractivity contribution in [1.82, 2.24) is 10.2 Å². The van der Waals surface area contributed by atoms with E-state index < -0.39 is 17.7 Å². The summed E-state index contributed by atoms with van der Waals surface area (Å²) in [4.78, 5) is 42.2. The minimum Gasteiger partial charge on any atom is -0.493 e. The number of hydrogen-bond acceptors (Lipinski definition) is 8. The maximum atomic E-state index is 14.0. The highest BCUT2D eigenvalue weighted by Gasteiger charge is 2.44. The van der Waals surface area contributed by atoms with Gasteiger partial charge in [-0.15, -0.1) is 0 Å². The van der Waals surface area contributed by atoms with E-state index in [0.29, 0.717) is 67.3 Å². The Kier molecular flexibility index (Phi) is 10.2. The van der Waals surface area contributed by atoms with Gasteiger partial charge in [-0.25, -0.2) is 0 Å². The molecule has 10 heteroatoms. The Bertz CT molecular complexity index is 1530. The van der Waals surface area contributed by atoms with Gasteiger partial charge in [-0.1, -0.05) is 32.8 Å². The molecule has 0 unspecified atom stereocenters. The average molecular weight is 636 g/mol. The molecule has 2 fully saturated rings. The van der Waals surface area contributed by atoms with Gasteiger partial charge >= 0.3 is 0 Å². The fourth-order valence-corrected chi connectivity index (χ4v) is 7.70. The van der Waals surface area contributed by atoms with Crippen LogP contribution in [0.2, 0.25) is 0 Å². The van der Waals surface area contributed by atoms with Gasteiger partial charge in [-0.05, 0) is 79.3 Å². The highest BCUT2D eigenvalue weighted by molar-refractivity contribution is 5.86. The number of anilines is 1. The number of carbonyl (C=O) groups is 2. The van der Waals surface area contributed by atoms with Crippen molar-refractivity contribution in [3.63, 3.8) is 0 Å². The zero-order chi connectivity index (χ0) is 33.2. The van der Waals surface area contributed by atoms with Gasteiger partial charge in [-0.3, -0.25) is 14.4 Å². The van der Waals surface area contributed by atoms with Gasteiger partial charge in [0.1, 0.15) is 6.04 Å². The van der Waals surface area contributed by atoms with E-state index in [1.165, 1.54) is 6.92 Å². The molecular weight excluding hydrogens is 586 g/mol. The summed E-state index contributed by atoms with van der Waals surface area (Å²) in [5.74, 6) is 1.48. The van der Waals surface area contributed by atoms with Crippen molar-refractivity contribution in [3.05, 3.63) is 45.6 Å². The van der Waals surface area contributed by atoms with Gasteiger partial charge in [0.05, 0.1) is 38.7 Å². The fourth-order valence-electron chi connectivity index (χ4n) is 7.70. The van der Waals surface area contributed by atoms with Crippen LogP contribution in [0.1, 0.15) is 82.9 Å². The van der Waals surface area contributed by atoms with Crippen molar-refractivity contribution < 1.29 is 28.9 Å². The summed E-state index contributed by atoms with van der Waals surface area (Å²) in [6.45, 7) is 6.63. The van der Waals surface area contributed by atoms with Crippen LogP contribution in [-0.4, -0.2) is 67.9 Å². The zero-order valence-corrected chi connectivity index (χ0v) is 28.0. The molecule has 1 saturated carbocycles. The van der Waals surface area contributed by atoms with E-state index in [2.05, 4.69) is 24.5 Å². The molecule has 2 aliphatic carbocycles. The molecular formula is C36H49N3O7. The number of aliphatic hydroxyl groups is 1. The van der Waals surface area contributed by atoms with Crippen LogP contribution in [0.5, 0.6) is 17.2 Å². The highest BCUT2D eigenvalue weighted by atomic mass is 16.5. The second-order valence-corrected chi connectivity index (χ2v) is 13.5. The molecule has 2 aromatic carbocycles. The first-order valence-electron chi connectivity index (χ1n) is 16.5. The van der Waals surface area contributed by atoms with Gasteiger partial charge in [0.15, 0.2) is 11.5 Å². The molecule has 250 valence electrons. The molecule has 0 aromatic heterocycles. The second-order valence-electron chi connectivity index (χ2n) is 13.5. The quantitative estimate of drug-likeness (QED) is 0.357. The lowest BCUT2D eigenvalue weighted by Gasteiger charge is -2.48. The Morgan fingerprint density at radius 3 is 2.48 bits per heavy atom. The molecule has 0 spiro atoms. The molecule has 1 aliphatic heterocycles. The largest absolute Gasteiger partial charge is 0.493 e. The Balaban J connectivity index is 1.56. The molecule has 3 N–H and O–H groups in total. The van der Waals surface area contributed by atoms with Crippen molar-refractivity contribution in [2.75, 3.05) is 39.7 Å². The number of carbonyl (C=O) groups excluding carboxylic acids is 2. The Labute approximate surface area is 271 Å². The number of piperidine rings is 1. The second kappa shape index (κ2) is 13.9. The van der Waals surface area contributed by atoms with Crippen LogP contribution in [-0.2, 0) is 16.0 Å². The molecule has 0 radical (unpaired) electrons. The van der Waals surface area contributed by atoms with Crippen molar-refractivity contribution >= 4 is 17.5 Å². The van der Waals surface area contributed by atoms with Crippen LogP contribution < -0.4 is 30.3 Å². The summed E-state index contributed by atoms with van der Waals surface area (Å²) in [5, 5.41) is 17.6. The summed E-state index contributed by atoms with van der Waals surface area (Å²) in [5.41, 5.74) is 2.45. The summed E-state index contributed by atoms with van der Waals surface area (Å²) in [7, 11) is 4.69. The number of nitrogens with one attached hydrogen (secondary N) is 2. The van der Waals surface area contributed by atoms with Crippen molar-refractivity contribution in [3.8, 4) is 28.4 Å². The number of methoxy groups -OCH3 is 3. The fraction of sp³-hybridized carbons (Fsp3) is 0.583. The van der Waals surface area contributed by atoms with Crippen LogP contribution in [0.3, 0.4) is 0 Å². The van der Waals surface area contributed by atoms with Gasteiger partial charge < -0.3 is 34.9 Å². The first-order chi connectivity index (χ1) is 22.0. The topological polar surface area (TPSA) is 126 Å². The van der Waals surface area contributed by atoms with Crippen molar-refractivity contribution in [2.45, 2.75) is 89.8 Å². The maximum absolute atomic E-state index is 14.0. The Hall–Kier alpha value is -3.79. The van der Waals surface area contributed by atoms with Crippen LogP contribution >= 0.6 is 0 Å². The molecule has 5 rings (SSSR count). The van der Waals surface area contributed by atoms with Crippen molar-refractivity contribution in [2.24, 2.45) is 11.8 Å². The van der Waals surface area contributed by atoms with Gasteiger partial charge in [0, 0.05) is 31.5 Å². The van der Waals surface area contributed by atoms with Crippen LogP contribution in [0.4, 0.5) is 5.69 Å². The van der Waals surface area contributed by atoms with E-state index >= 15 is 0 Å². The molecule has 10 nitrogen and oxygen atoms in total. The minimum atomic E-state index is -0.683. The molecule has 4 atom stereocenters. The number of likely N-dealkylation sites (tertiary alicyclic amines) is 1. The predicted molar refractivity (Wildman–Crippen MR) is 178 cm³/mol. The number of aryl methyl sites for hydroxylation is 1. The lowest BCUT2D eigenvalue weighted by Crippen LogP contribution is -2.57. The third-order valence-corrected chi connectivity index (χ3v) is 9.99. The summed E-state index contributed by atoms with van der Waals surface area (Å²) in [6, 6.07) is 6.06. The molecule has 3 aliphatic rings. The Morgan fingerprint density at radius 1 is 1.04 bits per heavy atom. The van der Waals surface area contributed by atoms with E-state index in [9.17, 15) is 19.5 Å². The van der Waals surface area contributed by atoms with Gasteiger partial charge in [0.2, 0.25) is 23.0 Å². The third kappa shape index (κ3) is 6.68. The normalized spacial score (nSPS) is 22.8. The molecule has 0 bridgehead atoms. The summed E-state index contributed by atoms with van der Waals surface area (Å²) in [6.07, 6.45) is 6.10. The molecule has 46 heavy (non-hydrogen) atoms. The smallest absolute Gasteiger partial charge is 0.245 e. The summed E-state index contributed by atoms with van der Waals surface area (Å²) < 4.78 is 17.2. The van der Waals surface area contributed by atoms with Crippen LogP contribution in [0.15, 0.2) is 29.1 Å². The number of rotatable bonds is 9. The molecule has 1 heterocycles. The first-order valence-corrected chi connectivity index (χ1v) is 16.5. The molecule has 1 saturated heterocycles. The SMILES string of the molecule is COc1cc2c(c(OC)c1OC)-c1ccc(N[C@@H](CC(C)C)C(=O)N3CC[C@@]4(O)CCCC[C@H]4C3)c(=O)cc1[C@@H](NC(C)=O)CC2. The van der Waals surface area contributed by atoms with Gasteiger partial charge in [-0.2, -0.15) is 0 Å². The maximum Gasteiger partial charge on any atom is 0.245 e. The standard InChI is InChI=1S/C36H49N3O7/c1-21(2)17-29(35(42)39-16-15-36(43)14-8-7-9-24(36)20-39)38-28-13-11-25-26(19-30(28)41)27(37-22(3)40)12-10-23-18-31(44-4)33(45-5)34(46-6)32(23)25/h11,13,18-19,21,24,27,29,43H,7-10,12,14-17,20H2,1-6H3,(H,37,40)(H,38,41)/t24-,27-,29-,36-/m0/s1. The minimum absolute atomic E-state index is 0.0474. The third-order valence-electron chi connectivity index (χ3n) is 9.99. The number of benzene rings is 1. The lowest BCUT2D eigenvalue weighted by molar-refractivity contribution is -0.144. The van der Waals surface area contributed by atoms with E-state index in [1.807, 2.05) is 17.0 Å². The summed E-state index contributed by atoms with van der Waals surface area (Å²) >= 11 is 0. The van der Waals surface area contributed by atoms with Gasteiger partial charge in [0.25, 0.3) is 0 Å². The van der Waals surface area contributed by atoms with Crippen molar-refractivity contribution in [1.29, 1.82) is 0 Å². The first kappa shape index (κ1) is 33.6. The van der Waals surface area contributed by atoms with E-state index in [0.717, 1.165) is 42.4 Å². The molecule has 2 amide bonds. The molecule has 2 aromatic rings. The number of fused-ring (bicyclic) bond motifs is 4. The van der Waals surface area contributed by atoms with E-state index in [4.69, 9.17) is 14.2 Å². The average Bonchev–Trinajstić information content (AvgIpc) is 3.26. The lowest BCUT2D eigenvalue weighted by atomic mass is 9.71. The number of amides is 2. The number of ether oxygens (including phenoxy) is 3. The monoisotopic (exact) mass is 635 g/mol. The van der Waals surface area contributed by atoms with E-state index in [1.54, 1.807) is 33.5 Å². The van der Waals surface area contributed by atoms with E-state index in [-0.39, 0.29) is 29.1 Å². The number of hydrogen-bond donors (Lipinski definition) is 3.